The Kier molecular flexibility index (Phi) is 9.92. The maximum absolute atomic E-state index is 12.9. The van der Waals surface area contributed by atoms with E-state index in [9.17, 15) is 4.79 Å². The van der Waals surface area contributed by atoms with E-state index in [1.54, 1.807) is 12.1 Å². The summed E-state index contributed by atoms with van der Waals surface area (Å²) >= 11 is 11.1. The largest absolute Gasteiger partial charge is 0.289 e. The highest BCUT2D eigenvalue weighted by Crippen LogP contribution is 2.19. The van der Waals surface area contributed by atoms with E-state index in [0.717, 1.165) is 22.3 Å². The summed E-state index contributed by atoms with van der Waals surface area (Å²) in [7, 11) is 0. The lowest BCUT2D eigenvalue weighted by Crippen LogP contribution is -2.08. The van der Waals surface area contributed by atoms with Gasteiger partial charge < -0.3 is 0 Å². The predicted octanol–water partition coefficient (Wildman–Crippen LogP) is 4.91. The molecule has 2 rings (SSSR count). The fourth-order valence-electron chi connectivity index (χ4n) is 2.48. The highest BCUT2D eigenvalue weighted by atomic mass is 35.5. The second kappa shape index (κ2) is 12.2. The van der Waals surface area contributed by atoms with Crippen LogP contribution in [0.4, 0.5) is 0 Å². The van der Waals surface area contributed by atoms with Crippen molar-refractivity contribution in [3.63, 3.8) is 0 Å². The first-order valence-corrected chi connectivity index (χ1v) is 9.98. The van der Waals surface area contributed by atoms with Gasteiger partial charge in [0.15, 0.2) is 5.78 Å². The Hall–Kier alpha value is -1.47. The van der Waals surface area contributed by atoms with Crippen molar-refractivity contribution in [2.75, 3.05) is 25.0 Å². The zero-order chi connectivity index (χ0) is 20.4. The molecule has 0 fully saturated rings. The lowest BCUT2D eigenvalue weighted by Gasteiger charge is -2.12. The van der Waals surface area contributed by atoms with Crippen molar-refractivity contribution >= 4 is 29.0 Å². The Bertz CT molecular complexity index is 779. The average molecular weight is 427 g/mol. The molecule has 28 heavy (non-hydrogen) atoms. The number of ketones is 1. The lowest BCUT2D eigenvalue weighted by atomic mass is 9.96. The van der Waals surface area contributed by atoms with Crippen molar-refractivity contribution in [1.29, 1.82) is 0 Å². The van der Waals surface area contributed by atoms with Crippen molar-refractivity contribution in [1.82, 2.24) is 0 Å². The van der Waals surface area contributed by atoms with Gasteiger partial charge in [-0.05, 0) is 48.2 Å². The van der Waals surface area contributed by atoms with Crippen molar-refractivity contribution in [3.05, 3.63) is 69.8 Å². The number of hydrogen-bond acceptors (Lipinski definition) is 5. The number of benzene rings is 2. The summed E-state index contributed by atoms with van der Waals surface area (Å²) in [6.07, 6.45) is 0. The molecule has 0 aliphatic heterocycles. The Morgan fingerprint density at radius 3 is 1.93 bits per heavy atom. The third-order valence-electron chi connectivity index (χ3n) is 4.15. The molecule has 0 bridgehead atoms. The summed E-state index contributed by atoms with van der Waals surface area (Å²) in [6.45, 7) is 4.91. The molecule has 0 amide bonds. The molecule has 0 saturated carbocycles. The SMILES string of the molecule is Cc1ccc(C(=O)c2ccc(COOCCCl)c(COOCCCl)c2)cc1C. The van der Waals surface area contributed by atoms with Crippen LogP contribution >= 0.6 is 23.2 Å². The molecule has 0 aliphatic carbocycles. The fraction of sp³-hybridized carbons (Fsp3) is 0.381. The third kappa shape index (κ3) is 6.85. The standard InChI is InChI=1S/C21H24Cl2O5/c1-15-3-4-17(11-16(15)2)21(24)18-5-6-19(13-27-25-9-7-22)20(12-18)14-28-26-10-8-23/h3-6,11-12H,7-10,13-14H2,1-2H3. The zero-order valence-electron chi connectivity index (χ0n) is 16.0. The van der Waals surface area contributed by atoms with Gasteiger partial charge in [-0.15, -0.1) is 23.2 Å². The first-order chi connectivity index (χ1) is 13.6. The van der Waals surface area contributed by atoms with Crippen LogP contribution in [0.1, 0.15) is 38.2 Å². The normalized spacial score (nSPS) is 11.0. The third-order valence-corrected chi connectivity index (χ3v) is 4.46. The van der Waals surface area contributed by atoms with Crippen LogP contribution in [0.5, 0.6) is 0 Å². The summed E-state index contributed by atoms with van der Waals surface area (Å²) < 4.78 is 0. The minimum Gasteiger partial charge on any atom is -0.289 e. The van der Waals surface area contributed by atoms with E-state index >= 15 is 0 Å². The quantitative estimate of drug-likeness (QED) is 0.158. The predicted molar refractivity (Wildman–Crippen MR) is 109 cm³/mol. The molecule has 2 aromatic carbocycles. The van der Waals surface area contributed by atoms with Gasteiger partial charge >= 0.3 is 0 Å². The van der Waals surface area contributed by atoms with Gasteiger partial charge in [-0.1, -0.05) is 24.3 Å². The van der Waals surface area contributed by atoms with Crippen LogP contribution in [0.25, 0.3) is 0 Å². The van der Waals surface area contributed by atoms with Gasteiger partial charge in [0.1, 0.15) is 13.2 Å². The van der Waals surface area contributed by atoms with Crippen LogP contribution in [0.15, 0.2) is 36.4 Å². The van der Waals surface area contributed by atoms with E-state index in [2.05, 4.69) is 0 Å². The maximum Gasteiger partial charge on any atom is 0.193 e. The topological polar surface area (TPSA) is 54.0 Å². The monoisotopic (exact) mass is 426 g/mol. The summed E-state index contributed by atoms with van der Waals surface area (Å²) in [5, 5.41) is 0. The molecule has 0 unspecified atom stereocenters. The Morgan fingerprint density at radius 1 is 0.750 bits per heavy atom. The number of aryl methyl sites for hydroxylation is 2. The van der Waals surface area contributed by atoms with E-state index in [1.807, 2.05) is 38.1 Å². The molecule has 5 nitrogen and oxygen atoms in total. The van der Waals surface area contributed by atoms with Crippen molar-refractivity contribution in [2.24, 2.45) is 0 Å². The van der Waals surface area contributed by atoms with Crippen molar-refractivity contribution in [3.8, 4) is 0 Å². The highest BCUT2D eigenvalue weighted by Gasteiger charge is 2.14. The van der Waals surface area contributed by atoms with Gasteiger partial charge in [0, 0.05) is 22.9 Å². The summed E-state index contributed by atoms with van der Waals surface area (Å²) in [6, 6.07) is 11.0. The molecule has 0 N–H and O–H groups in total. The summed E-state index contributed by atoms with van der Waals surface area (Å²) in [4.78, 5) is 33.2. The molecule has 2 aromatic rings. The van der Waals surface area contributed by atoms with Crippen molar-refractivity contribution < 1.29 is 24.3 Å². The van der Waals surface area contributed by atoms with E-state index in [1.165, 1.54) is 0 Å². The van der Waals surface area contributed by atoms with E-state index < -0.39 is 0 Å². The van der Waals surface area contributed by atoms with Crippen LogP contribution in [-0.4, -0.2) is 30.8 Å². The second-order valence-corrected chi connectivity index (χ2v) is 6.91. The number of carbonyl (C=O) groups excluding carboxylic acids is 1. The number of hydrogen-bond donors (Lipinski definition) is 0. The number of halogens is 2. The lowest BCUT2D eigenvalue weighted by molar-refractivity contribution is -0.304. The van der Waals surface area contributed by atoms with Gasteiger partial charge in [0.25, 0.3) is 0 Å². The van der Waals surface area contributed by atoms with Gasteiger partial charge in [-0.25, -0.2) is 19.6 Å². The molecule has 0 aliphatic rings. The summed E-state index contributed by atoms with van der Waals surface area (Å²) in [5.41, 5.74) is 5.00. The van der Waals surface area contributed by atoms with Crippen molar-refractivity contribution in [2.45, 2.75) is 27.1 Å². The smallest absolute Gasteiger partial charge is 0.193 e. The van der Waals surface area contributed by atoms with E-state index in [4.69, 9.17) is 42.8 Å². The fourth-order valence-corrected chi connectivity index (χ4v) is 2.61. The summed E-state index contributed by atoms with van der Waals surface area (Å²) in [5.74, 6) is 0.607. The maximum atomic E-state index is 12.9. The Labute approximate surface area is 175 Å². The number of rotatable bonds is 12. The molecule has 0 radical (unpaired) electrons. The highest BCUT2D eigenvalue weighted by molar-refractivity contribution is 6.18. The van der Waals surface area contributed by atoms with Gasteiger partial charge in [0.2, 0.25) is 0 Å². The van der Waals surface area contributed by atoms with Gasteiger partial charge in [-0.2, -0.15) is 0 Å². The molecular weight excluding hydrogens is 403 g/mol. The van der Waals surface area contributed by atoms with Crippen LogP contribution in [0.2, 0.25) is 0 Å². The average Bonchev–Trinajstić information content (AvgIpc) is 2.70. The second-order valence-electron chi connectivity index (χ2n) is 6.16. The van der Waals surface area contributed by atoms with E-state index in [0.29, 0.717) is 22.9 Å². The molecule has 0 aromatic heterocycles. The molecule has 7 heteroatoms. The molecular formula is C21H24Cl2O5. The first kappa shape index (κ1) is 22.8. The molecule has 0 saturated heterocycles. The molecule has 152 valence electrons. The minimum absolute atomic E-state index is 0.0584. The Balaban J connectivity index is 2.19. The molecule has 0 heterocycles. The molecule has 0 spiro atoms. The molecule has 0 atom stereocenters. The van der Waals surface area contributed by atoms with Crippen LogP contribution in [0.3, 0.4) is 0 Å². The number of alkyl halides is 2. The minimum atomic E-state index is -0.0584. The first-order valence-electron chi connectivity index (χ1n) is 8.91. The Morgan fingerprint density at radius 2 is 1.32 bits per heavy atom. The van der Waals surface area contributed by atoms with Gasteiger partial charge in [0.05, 0.1) is 13.2 Å². The van der Waals surface area contributed by atoms with Crippen LogP contribution in [0, 0.1) is 13.8 Å². The number of carbonyl (C=O) groups is 1. The van der Waals surface area contributed by atoms with Crippen LogP contribution in [-0.2, 0) is 32.8 Å². The van der Waals surface area contributed by atoms with Crippen LogP contribution < -0.4 is 0 Å². The van der Waals surface area contributed by atoms with Gasteiger partial charge in [-0.3, -0.25) is 4.79 Å². The zero-order valence-corrected chi connectivity index (χ0v) is 17.5. The van der Waals surface area contributed by atoms with E-state index in [-0.39, 0.29) is 32.2 Å².